The second-order valence-corrected chi connectivity index (χ2v) is 6.73. The number of nitrogens with zero attached hydrogens (tertiary/aromatic N) is 2. The Balaban J connectivity index is 1.85. The fourth-order valence-corrected chi connectivity index (χ4v) is 3.45. The van der Waals surface area contributed by atoms with Crippen molar-refractivity contribution >= 4 is 23.1 Å². The zero-order valence-electron chi connectivity index (χ0n) is 15.2. The molecule has 0 bridgehead atoms. The Kier molecular flexibility index (Phi) is 4.68. The molecule has 0 saturated carbocycles. The van der Waals surface area contributed by atoms with Crippen LogP contribution in [0.5, 0.6) is 0 Å². The predicted octanol–water partition coefficient (Wildman–Crippen LogP) is 2.89. The standard InChI is InChI=1S/C21H18F2N2O3/c1-13-2-4-14(5-3-13)18-19(24-8-10-28-11-9-24)21(27)25(20(18)26)17-12-15(22)6-7-16(17)23/h2-7,12H,8-11H2,1H3. The number of carbonyl (C=O) groups is 2. The fraction of sp³-hybridized carbons (Fsp3) is 0.238. The number of halogens is 2. The van der Waals surface area contributed by atoms with Crippen LogP contribution < -0.4 is 4.90 Å². The van der Waals surface area contributed by atoms with E-state index in [2.05, 4.69) is 0 Å². The predicted molar refractivity (Wildman–Crippen MR) is 99.3 cm³/mol. The van der Waals surface area contributed by atoms with Crippen LogP contribution in [0, 0.1) is 18.6 Å². The van der Waals surface area contributed by atoms with Crippen molar-refractivity contribution in [3.05, 3.63) is 70.9 Å². The van der Waals surface area contributed by atoms with Crippen LogP contribution in [0.2, 0.25) is 0 Å². The lowest BCUT2D eigenvalue weighted by molar-refractivity contribution is -0.121. The number of aryl methyl sites for hydroxylation is 1. The molecule has 144 valence electrons. The highest BCUT2D eigenvalue weighted by molar-refractivity contribution is 6.45. The second-order valence-electron chi connectivity index (χ2n) is 6.73. The third-order valence-electron chi connectivity index (χ3n) is 4.88. The molecule has 2 aliphatic heterocycles. The van der Waals surface area contributed by atoms with Crippen molar-refractivity contribution in [1.82, 2.24) is 4.90 Å². The number of amides is 2. The molecule has 2 amide bonds. The van der Waals surface area contributed by atoms with E-state index in [-0.39, 0.29) is 17.0 Å². The molecule has 1 fully saturated rings. The summed E-state index contributed by atoms with van der Waals surface area (Å²) in [6.45, 7) is 3.62. The first-order valence-electron chi connectivity index (χ1n) is 8.95. The summed E-state index contributed by atoms with van der Waals surface area (Å²) < 4.78 is 33.4. The number of hydrogen-bond donors (Lipinski definition) is 0. The number of rotatable bonds is 3. The van der Waals surface area contributed by atoms with Gasteiger partial charge >= 0.3 is 0 Å². The molecular weight excluding hydrogens is 366 g/mol. The summed E-state index contributed by atoms with van der Waals surface area (Å²) in [4.78, 5) is 28.9. The summed E-state index contributed by atoms with van der Waals surface area (Å²) >= 11 is 0. The minimum atomic E-state index is -0.838. The first kappa shape index (κ1) is 18.3. The summed E-state index contributed by atoms with van der Waals surface area (Å²) in [5.41, 5.74) is 1.56. The first-order chi connectivity index (χ1) is 13.5. The average Bonchev–Trinajstić information content (AvgIpc) is 2.95. The van der Waals surface area contributed by atoms with Crippen LogP contribution in [0.3, 0.4) is 0 Å². The Bertz CT molecular complexity index is 980. The van der Waals surface area contributed by atoms with E-state index in [4.69, 9.17) is 4.74 Å². The zero-order chi connectivity index (χ0) is 19.8. The molecule has 0 N–H and O–H groups in total. The van der Waals surface area contributed by atoms with Gasteiger partial charge in [-0.15, -0.1) is 0 Å². The normalized spacial score (nSPS) is 17.7. The van der Waals surface area contributed by atoms with E-state index in [9.17, 15) is 18.4 Å². The zero-order valence-corrected chi connectivity index (χ0v) is 15.2. The maximum Gasteiger partial charge on any atom is 0.282 e. The van der Waals surface area contributed by atoms with E-state index >= 15 is 0 Å². The topological polar surface area (TPSA) is 49.9 Å². The van der Waals surface area contributed by atoms with Crippen LogP contribution in [-0.4, -0.2) is 43.0 Å². The number of morpholine rings is 1. The molecule has 1 saturated heterocycles. The number of carbonyl (C=O) groups excluding carboxylic acids is 2. The van der Waals surface area contributed by atoms with Gasteiger partial charge in [0.25, 0.3) is 11.8 Å². The third kappa shape index (κ3) is 3.07. The minimum Gasteiger partial charge on any atom is -0.378 e. The maximum atomic E-state index is 14.4. The fourth-order valence-electron chi connectivity index (χ4n) is 3.45. The molecule has 0 spiro atoms. The quantitative estimate of drug-likeness (QED) is 0.764. The molecule has 7 heteroatoms. The van der Waals surface area contributed by atoms with E-state index < -0.39 is 23.4 Å². The molecule has 0 atom stereocenters. The van der Waals surface area contributed by atoms with Gasteiger partial charge in [-0.25, -0.2) is 13.7 Å². The van der Waals surface area contributed by atoms with Gasteiger partial charge in [-0.1, -0.05) is 29.8 Å². The van der Waals surface area contributed by atoms with Gasteiger partial charge < -0.3 is 9.64 Å². The highest BCUT2D eigenvalue weighted by atomic mass is 19.1. The molecule has 0 radical (unpaired) electrons. The van der Waals surface area contributed by atoms with E-state index in [0.29, 0.717) is 31.9 Å². The Morgan fingerprint density at radius 3 is 2.29 bits per heavy atom. The highest BCUT2D eigenvalue weighted by Crippen LogP contribution is 2.36. The van der Waals surface area contributed by atoms with Gasteiger partial charge in [0.2, 0.25) is 0 Å². The van der Waals surface area contributed by atoms with Crippen LogP contribution in [0.15, 0.2) is 48.2 Å². The molecule has 0 unspecified atom stereocenters. The number of ether oxygens (including phenoxy) is 1. The van der Waals surface area contributed by atoms with Crippen molar-refractivity contribution in [2.75, 3.05) is 31.2 Å². The highest BCUT2D eigenvalue weighted by Gasteiger charge is 2.43. The average molecular weight is 384 g/mol. The van der Waals surface area contributed by atoms with Crippen LogP contribution in [0.25, 0.3) is 5.57 Å². The van der Waals surface area contributed by atoms with Crippen molar-refractivity contribution in [2.24, 2.45) is 0 Å². The first-order valence-corrected chi connectivity index (χ1v) is 8.95. The smallest absolute Gasteiger partial charge is 0.282 e. The number of imide groups is 1. The molecule has 2 aromatic carbocycles. The van der Waals surface area contributed by atoms with Crippen LogP contribution in [-0.2, 0) is 14.3 Å². The van der Waals surface area contributed by atoms with Crippen molar-refractivity contribution in [3.8, 4) is 0 Å². The summed E-state index contributed by atoms with van der Waals surface area (Å²) in [6, 6.07) is 9.89. The molecule has 5 nitrogen and oxygen atoms in total. The van der Waals surface area contributed by atoms with Crippen LogP contribution in [0.1, 0.15) is 11.1 Å². The van der Waals surface area contributed by atoms with Crippen LogP contribution >= 0.6 is 0 Å². The SMILES string of the molecule is Cc1ccc(C2=C(N3CCOCC3)C(=O)N(c3cc(F)ccc3F)C2=O)cc1. The molecule has 0 aliphatic carbocycles. The van der Waals surface area contributed by atoms with E-state index in [1.54, 1.807) is 17.0 Å². The van der Waals surface area contributed by atoms with Gasteiger partial charge in [-0.05, 0) is 24.6 Å². The summed E-state index contributed by atoms with van der Waals surface area (Å²) in [5.74, 6) is -2.89. The molecule has 4 rings (SSSR count). The van der Waals surface area contributed by atoms with Gasteiger partial charge in [0, 0.05) is 19.2 Å². The van der Waals surface area contributed by atoms with Crippen molar-refractivity contribution < 1.29 is 23.1 Å². The summed E-state index contributed by atoms with van der Waals surface area (Å²) in [6.07, 6.45) is 0. The third-order valence-corrected chi connectivity index (χ3v) is 4.88. The van der Waals surface area contributed by atoms with E-state index in [0.717, 1.165) is 28.7 Å². The lowest BCUT2D eigenvalue weighted by atomic mass is 10.0. The van der Waals surface area contributed by atoms with E-state index in [1.807, 2.05) is 19.1 Å². The number of benzene rings is 2. The lowest BCUT2D eigenvalue weighted by Crippen LogP contribution is -2.40. The summed E-state index contributed by atoms with van der Waals surface area (Å²) in [7, 11) is 0. The van der Waals surface area contributed by atoms with Crippen molar-refractivity contribution in [1.29, 1.82) is 0 Å². The number of anilines is 1. The molecule has 2 aliphatic rings. The molecule has 2 aromatic rings. The van der Waals surface area contributed by atoms with Gasteiger partial charge in [-0.3, -0.25) is 9.59 Å². The molecule has 28 heavy (non-hydrogen) atoms. The second kappa shape index (κ2) is 7.16. The van der Waals surface area contributed by atoms with Gasteiger partial charge in [0.05, 0.1) is 24.5 Å². The Labute approximate surface area is 160 Å². The van der Waals surface area contributed by atoms with E-state index in [1.165, 1.54) is 0 Å². The largest absolute Gasteiger partial charge is 0.378 e. The monoisotopic (exact) mass is 384 g/mol. The van der Waals surface area contributed by atoms with Crippen LogP contribution in [0.4, 0.5) is 14.5 Å². The maximum absolute atomic E-state index is 14.4. The molecule has 2 heterocycles. The molecule has 0 aromatic heterocycles. The Hall–Kier alpha value is -3.06. The van der Waals surface area contributed by atoms with Gasteiger partial charge in [0.1, 0.15) is 17.3 Å². The Morgan fingerprint density at radius 2 is 1.61 bits per heavy atom. The summed E-state index contributed by atoms with van der Waals surface area (Å²) in [5, 5.41) is 0. The molecular formula is C21H18F2N2O3. The van der Waals surface area contributed by atoms with Gasteiger partial charge in [0.15, 0.2) is 0 Å². The van der Waals surface area contributed by atoms with Crippen molar-refractivity contribution in [3.63, 3.8) is 0 Å². The lowest BCUT2D eigenvalue weighted by Gasteiger charge is -2.29. The number of hydrogen-bond acceptors (Lipinski definition) is 4. The van der Waals surface area contributed by atoms with Gasteiger partial charge in [-0.2, -0.15) is 0 Å². The Morgan fingerprint density at radius 1 is 0.929 bits per heavy atom. The minimum absolute atomic E-state index is 0.190. The van der Waals surface area contributed by atoms with Crippen molar-refractivity contribution in [2.45, 2.75) is 6.92 Å².